The number of nitrogens with one attached hydrogen (secondary N) is 2. The number of benzene rings is 3. The van der Waals surface area contributed by atoms with Crippen LogP contribution in [0.3, 0.4) is 0 Å². The Morgan fingerprint density at radius 2 is 1.72 bits per heavy atom. The summed E-state index contributed by atoms with van der Waals surface area (Å²) in [5, 5.41) is 14.1. The number of halogens is 2. The minimum atomic E-state index is -0.988. The van der Waals surface area contributed by atoms with E-state index in [9.17, 15) is 18.8 Å². The maximum atomic E-state index is 13.9. The van der Waals surface area contributed by atoms with Gasteiger partial charge in [0.2, 0.25) is 0 Å². The lowest BCUT2D eigenvalue weighted by molar-refractivity contribution is -0.136. The van der Waals surface area contributed by atoms with E-state index in [4.69, 9.17) is 5.11 Å². The smallest absolute Gasteiger partial charge is 0.326 e. The average Bonchev–Trinajstić information content (AvgIpc) is 2.92. The number of carbonyl (C=O) groups is 3. The third-order valence-corrected chi connectivity index (χ3v) is 6.84. The monoisotopic (exact) mass is 593 g/mol. The molecule has 202 valence electrons. The number of nitrogens with zero attached hydrogens (tertiary/aromatic N) is 1. The van der Waals surface area contributed by atoms with E-state index in [1.54, 1.807) is 35.2 Å². The zero-order valence-electron chi connectivity index (χ0n) is 21.3. The number of carbonyl (C=O) groups excluding carboxylic acids is 2. The summed E-state index contributed by atoms with van der Waals surface area (Å²) in [6.07, 6.45) is 6.58. The Kier molecular flexibility index (Phi) is 9.49. The molecule has 3 aromatic rings. The van der Waals surface area contributed by atoms with Crippen LogP contribution in [0.5, 0.6) is 0 Å². The number of anilines is 2. The number of amides is 3. The summed E-state index contributed by atoms with van der Waals surface area (Å²) in [4.78, 5) is 37.9. The lowest BCUT2D eigenvalue weighted by Gasteiger charge is -2.24. The van der Waals surface area contributed by atoms with Gasteiger partial charge < -0.3 is 15.7 Å². The standard InChI is InChI=1S/C30H29BrFN3O4/c31-24-16-25(32)18-26(17-24)34-30(39)35(27-12-10-22(11-13-27)21-4-2-1-3-5-21)19-20-6-8-23(9-7-20)29(38)33-15-14-28(36)37/h4,6-13,16-18H,1-3,5,14-15,19H2,(H,33,38)(H,34,39)(H,36,37). The topological polar surface area (TPSA) is 98.7 Å². The van der Waals surface area contributed by atoms with E-state index in [1.807, 2.05) is 24.3 Å². The Balaban J connectivity index is 1.54. The summed E-state index contributed by atoms with van der Waals surface area (Å²) in [5.74, 6) is -1.84. The molecule has 0 spiro atoms. The minimum Gasteiger partial charge on any atom is -0.481 e. The van der Waals surface area contributed by atoms with Crippen LogP contribution in [0, 0.1) is 5.82 Å². The van der Waals surface area contributed by atoms with Gasteiger partial charge in [0.05, 0.1) is 13.0 Å². The molecule has 0 aromatic heterocycles. The fourth-order valence-electron chi connectivity index (χ4n) is 4.38. The Labute approximate surface area is 234 Å². The van der Waals surface area contributed by atoms with Crippen molar-refractivity contribution in [3.63, 3.8) is 0 Å². The summed E-state index contributed by atoms with van der Waals surface area (Å²) >= 11 is 3.25. The van der Waals surface area contributed by atoms with Crippen molar-refractivity contribution in [1.82, 2.24) is 5.32 Å². The fraction of sp³-hybridized carbons (Fsp3) is 0.233. The van der Waals surface area contributed by atoms with Crippen molar-refractivity contribution in [3.05, 3.63) is 99.8 Å². The second-order valence-corrected chi connectivity index (χ2v) is 10.2. The van der Waals surface area contributed by atoms with Crippen molar-refractivity contribution in [3.8, 4) is 0 Å². The van der Waals surface area contributed by atoms with E-state index < -0.39 is 17.8 Å². The second kappa shape index (κ2) is 13.2. The van der Waals surface area contributed by atoms with Crippen LogP contribution in [0.1, 0.15) is 53.6 Å². The van der Waals surface area contributed by atoms with Crippen molar-refractivity contribution < 1.29 is 23.9 Å². The molecule has 3 N–H and O–H groups in total. The highest BCUT2D eigenvalue weighted by Gasteiger charge is 2.18. The number of carboxylic acids is 1. The third-order valence-electron chi connectivity index (χ3n) is 6.38. The molecule has 0 bridgehead atoms. The Bertz CT molecular complexity index is 1350. The maximum absolute atomic E-state index is 13.9. The molecule has 7 nitrogen and oxygen atoms in total. The van der Waals surface area contributed by atoms with E-state index in [-0.39, 0.29) is 25.4 Å². The number of hydrogen-bond donors (Lipinski definition) is 3. The first-order valence-electron chi connectivity index (χ1n) is 12.7. The lowest BCUT2D eigenvalue weighted by atomic mass is 9.93. The van der Waals surface area contributed by atoms with Gasteiger partial charge in [-0.15, -0.1) is 0 Å². The molecule has 0 unspecified atom stereocenters. The highest BCUT2D eigenvalue weighted by molar-refractivity contribution is 9.10. The number of rotatable bonds is 9. The highest BCUT2D eigenvalue weighted by atomic mass is 79.9. The average molecular weight is 594 g/mol. The van der Waals surface area contributed by atoms with Gasteiger partial charge in [0.15, 0.2) is 0 Å². The summed E-state index contributed by atoms with van der Waals surface area (Å²) in [6, 6.07) is 18.3. The van der Waals surface area contributed by atoms with Crippen molar-refractivity contribution in [2.45, 2.75) is 38.6 Å². The molecule has 9 heteroatoms. The molecule has 0 saturated carbocycles. The summed E-state index contributed by atoms with van der Waals surface area (Å²) in [7, 11) is 0. The van der Waals surface area contributed by atoms with E-state index in [1.165, 1.54) is 30.5 Å². The first kappa shape index (κ1) is 28.0. The SMILES string of the molecule is O=C(O)CCNC(=O)c1ccc(CN(C(=O)Nc2cc(F)cc(Br)c2)c2ccc(C3=CCCCC3)cc2)cc1. The van der Waals surface area contributed by atoms with Gasteiger partial charge in [-0.05, 0) is 84.8 Å². The summed E-state index contributed by atoms with van der Waals surface area (Å²) < 4.78 is 14.4. The molecule has 3 amide bonds. The number of aliphatic carboxylic acids is 1. The van der Waals surface area contributed by atoms with Crippen LogP contribution in [0.25, 0.3) is 5.57 Å². The lowest BCUT2D eigenvalue weighted by Crippen LogP contribution is -2.34. The predicted octanol–water partition coefficient (Wildman–Crippen LogP) is 6.99. The van der Waals surface area contributed by atoms with Gasteiger partial charge in [-0.25, -0.2) is 9.18 Å². The fourth-order valence-corrected chi connectivity index (χ4v) is 4.85. The zero-order chi connectivity index (χ0) is 27.8. The number of hydrogen-bond acceptors (Lipinski definition) is 3. The quantitative estimate of drug-likeness (QED) is 0.249. The Morgan fingerprint density at radius 3 is 2.36 bits per heavy atom. The second-order valence-electron chi connectivity index (χ2n) is 9.29. The molecule has 4 rings (SSSR count). The Morgan fingerprint density at radius 1 is 0.974 bits per heavy atom. The van der Waals surface area contributed by atoms with Crippen LogP contribution in [-0.4, -0.2) is 29.6 Å². The van der Waals surface area contributed by atoms with Crippen LogP contribution in [-0.2, 0) is 11.3 Å². The van der Waals surface area contributed by atoms with Crippen molar-refractivity contribution in [1.29, 1.82) is 0 Å². The van der Waals surface area contributed by atoms with Gasteiger partial charge in [0.25, 0.3) is 5.91 Å². The molecule has 3 aromatic carbocycles. The molecule has 0 heterocycles. The molecule has 0 saturated heterocycles. The summed E-state index contributed by atoms with van der Waals surface area (Å²) in [5.41, 5.74) is 4.58. The maximum Gasteiger partial charge on any atom is 0.326 e. The van der Waals surface area contributed by atoms with Crippen LogP contribution in [0.2, 0.25) is 0 Å². The van der Waals surface area contributed by atoms with Gasteiger partial charge >= 0.3 is 12.0 Å². The normalized spacial score (nSPS) is 12.8. The van der Waals surface area contributed by atoms with Gasteiger partial charge in [0, 0.05) is 28.0 Å². The van der Waals surface area contributed by atoms with Gasteiger partial charge in [-0.3, -0.25) is 14.5 Å². The molecule has 1 aliphatic carbocycles. The van der Waals surface area contributed by atoms with Gasteiger partial charge in [0.1, 0.15) is 5.82 Å². The molecule has 0 atom stereocenters. The van der Waals surface area contributed by atoms with Crippen LogP contribution in [0.15, 0.2) is 77.3 Å². The molecule has 0 radical (unpaired) electrons. The van der Waals surface area contributed by atoms with Crippen molar-refractivity contribution >= 4 is 50.8 Å². The number of urea groups is 1. The zero-order valence-corrected chi connectivity index (χ0v) is 22.8. The minimum absolute atomic E-state index is 0.0347. The number of allylic oxidation sites excluding steroid dienone is 2. The first-order valence-corrected chi connectivity index (χ1v) is 13.5. The van der Waals surface area contributed by atoms with Crippen LogP contribution >= 0.6 is 15.9 Å². The first-order chi connectivity index (χ1) is 18.8. The summed E-state index contributed by atoms with van der Waals surface area (Å²) in [6.45, 7) is 0.234. The van der Waals surface area contributed by atoms with Crippen LogP contribution < -0.4 is 15.5 Å². The largest absolute Gasteiger partial charge is 0.481 e. The van der Waals surface area contributed by atoms with E-state index in [0.29, 0.717) is 21.4 Å². The van der Waals surface area contributed by atoms with Gasteiger partial charge in [-0.2, -0.15) is 0 Å². The molecule has 0 fully saturated rings. The van der Waals surface area contributed by atoms with E-state index in [2.05, 4.69) is 32.6 Å². The molecular weight excluding hydrogens is 565 g/mol. The molecular formula is C30H29BrFN3O4. The van der Waals surface area contributed by atoms with Crippen molar-refractivity contribution in [2.75, 3.05) is 16.8 Å². The molecule has 0 aliphatic heterocycles. The van der Waals surface area contributed by atoms with Crippen molar-refractivity contribution in [2.24, 2.45) is 0 Å². The Hall–Kier alpha value is -3.98. The third kappa shape index (κ3) is 8.00. The van der Waals surface area contributed by atoms with Crippen LogP contribution in [0.4, 0.5) is 20.6 Å². The highest BCUT2D eigenvalue weighted by Crippen LogP contribution is 2.29. The predicted molar refractivity (Wildman–Crippen MR) is 153 cm³/mol. The number of carboxylic acid groups (broad SMARTS) is 1. The molecule has 39 heavy (non-hydrogen) atoms. The molecule has 1 aliphatic rings. The van der Waals surface area contributed by atoms with E-state index in [0.717, 1.165) is 24.0 Å². The van der Waals surface area contributed by atoms with Gasteiger partial charge in [-0.1, -0.05) is 46.3 Å². The van der Waals surface area contributed by atoms with E-state index >= 15 is 0 Å².